The summed E-state index contributed by atoms with van der Waals surface area (Å²) in [6, 6.07) is 14.0. The Kier molecular flexibility index (Phi) is 33.6. The molecule has 0 aliphatic carbocycles. The molecule has 5 N–H and O–H groups in total. The van der Waals surface area contributed by atoms with Gasteiger partial charge in [-0.1, -0.05) is 130 Å². The Morgan fingerprint density at radius 2 is 1.31 bits per heavy atom. The number of imide groups is 1. The SMILES string of the molecule is CCC(C)C(C(CC(=O)N1CCCC1C(OC)C(C)C(=O)C[C@@H](Cc1ccccc1)C(=O)NCCc1ccc(CC(=O)C(CCCNC(N)=O)NC(=O)[C@H](CC(=O)CCCCCN2C(=O)C=CC2=O)C(C)C)cc1)OC)N(C)C(=O)[C@@H](CC(=O)C(C(C)C)N(C)C)C(C)C. The molecule has 0 spiro atoms. The molecule has 21 nitrogen and oxygen atoms in total. The Labute approximate surface area is 559 Å². The number of unbranched alkanes of at least 4 members (excludes halogenated alkanes) is 2. The number of likely N-dealkylation sites (tertiary alicyclic amines) is 1. The molecule has 0 saturated carbocycles. The zero-order valence-electron chi connectivity index (χ0n) is 58.7. The van der Waals surface area contributed by atoms with Crippen molar-refractivity contribution in [1.82, 2.24) is 35.6 Å². The highest BCUT2D eigenvalue weighted by Crippen LogP contribution is 2.32. The van der Waals surface area contributed by atoms with Gasteiger partial charge in [-0.25, -0.2) is 4.79 Å². The van der Waals surface area contributed by atoms with Crippen LogP contribution in [-0.2, 0) is 76.7 Å². The molecule has 94 heavy (non-hydrogen) atoms. The third kappa shape index (κ3) is 24.3. The lowest BCUT2D eigenvalue weighted by molar-refractivity contribution is -0.149. The van der Waals surface area contributed by atoms with Crippen LogP contribution >= 0.6 is 0 Å². The molecule has 522 valence electrons. The van der Waals surface area contributed by atoms with Crippen LogP contribution in [0.3, 0.4) is 0 Å². The average molecular weight is 1310 g/mol. The standard InChI is InChI=1S/C73H112N8O13/c1-15-49(8)68(79(12)72(91)57(47(4)5)44-62(85)67(48(6)7)78(10)11)63(93-13)45-66(88)80-39-23-28-59(80)69(94-14)50(9)60(83)42-54(40-52-24-18-16-19-25-52)70(89)75-37-35-51-29-31-53(32-30-51)41-61(84)58(27-22-36-76-73(74)92)77-71(90)56(46(2)3)43-55(82)26-20-17-21-38-81-64(86)33-34-65(81)87/h16,18-19,24-25,29-34,46-50,54,56-59,63,67-69H,15,17,20-23,26-28,35-45H2,1-14H3,(H,75,89)(H,77,90)(H3,74,76,92)/t49?,50?,54-,56-,57+,58?,59?,63?,67?,68?,69?/m1/s1. The Bertz CT molecular complexity index is 2830. The van der Waals surface area contributed by atoms with Crippen molar-refractivity contribution >= 4 is 64.6 Å². The smallest absolute Gasteiger partial charge is 0.312 e. The molecule has 8 unspecified atom stereocenters. The van der Waals surface area contributed by atoms with Gasteiger partial charge >= 0.3 is 6.03 Å². The third-order valence-corrected chi connectivity index (χ3v) is 19.2. The monoisotopic (exact) mass is 1310 g/mol. The van der Waals surface area contributed by atoms with Crippen LogP contribution in [0.4, 0.5) is 4.79 Å². The second kappa shape index (κ2) is 39.8. The number of nitrogens with zero attached hydrogens (tertiary/aromatic N) is 4. The minimum Gasteiger partial charge on any atom is -0.379 e. The normalized spacial score (nSPS) is 17.3. The number of Topliss-reactive ketones (excluding diaryl/α,β-unsaturated/α-hetero) is 4. The van der Waals surface area contributed by atoms with Crippen molar-refractivity contribution in [3.63, 3.8) is 0 Å². The first kappa shape index (κ1) is 79.5. The van der Waals surface area contributed by atoms with E-state index < -0.39 is 65.9 Å². The van der Waals surface area contributed by atoms with E-state index in [0.717, 1.165) is 11.1 Å². The first-order chi connectivity index (χ1) is 44.5. The maximum absolute atomic E-state index is 14.6. The van der Waals surface area contributed by atoms with Crippen molar-refractivity contribution in [3.05, 3.63) is 83.4 Å². The zero-order valence-corrected chi connectivity index (χ0v) is 58.7. The molecule has 21 heteroatoms. The number of carbonyl (C=O) groups is 11. The van der Waals surface area contributed by atoms with Crippen LogP contribution in [0.5, 0.6) is 0 Å². The van der Waals surface area contributed by atoms with Crippen molar-refractivity contribution in [2.45, 2.75) is 201 Å². The molecule has 8 amide bonds. The summed E-state index contributed by atoms with van der Waals surface area (Å²) < 4.78 is 12.3. The molecule has 0 bridgehead atoms. The molecular weight excluding hydrogens is 1200 g/mol. The van der Waals surface area contributed by atoms with Crippen molar-refractivity contribution in [1.29, 1.82) is 0 Å². The first-order valence-corrected chi connectivity index (χ1v) is 34.2. The minimum atomic E-state index is -0.916. The van der Waals surface area contributed by atoms with Gasteiger partial charge in [0.05, 0.1) is 42.8 Å². The average Bonchev–Trinajstić information content (AvgIpc) is 1.43. The van der Waals surface area contributed by atoms with Crippen LogP contribution in [0, 0.1) is 47.3 Å². The van der Waals surface area contributed by atoms with Crippen LogP contribution in [-0.4, -0.2) is 182 Å². The topological polar surface area (TPSA) is 281 Å². The van der Waals surface area contributed by atoms with Crippen molar-refractivity contribution in [3.8, 4) is 0 Å². The van der Waals surface area contributed by atoms with Crippen LogP contribution in [0.25, 0.3) is 0 Å². The number of nitrogens with one attached hydrogen (secondary N) is 3. The van der Waals surface area contributed by atoms with Gasteiger partial charge in [-0.15, -0.1) is 0 Å². The van der Waals surface area contributed by atoms with E-state index in [-0.39, 0.29) is 147 Å². The molecule has 4 rings (SSSR count). The van der Waals surface area contributed by atoms with E-state index in [1.165, 1.54) is 17.1 Å². The zero-order chi connectivity index (χ0) is 69.9. The molecule has 0 aromatic heterocycles. The highest BCUT2D eigenvalue weighted by Gasteiger charge is 2.44. The number of methoxy groups -OCH3 is 2. The van der Waals surface area contributed by atoms with E-state index in [1.54, 1.807) is 38.0 Å². The predicted octanol–water partition coefficient (Wildman–Crippen LogP) is 7.66. The van der Waals surface area contributed by atoms with E-state index in [0.29, 0.717) is 69.9 Å². The highest BCUT2D eigenvalue weighted by molar-refractivity contribution is 6.12. The van der Waals surface area contributed by atoms with Crippen molar-refractivity contribution < 1.29 is 62.2 Å². The highest BCUT2D eigenvalue weighted by atomic mass is 16.5. The number of amides is 8. The minimum absolute atomic E-state index is 0.0103. The maximum Gasteiger partial charge on any atom is 0.312 e. The van der Waals surface area contributed by atoms with Gasteiger partial charge in [-0.2, -0.15) is 0 Å². The van der Waals surface area contributed by atoms with Gasteiger partial charge in [0.2, 0.25) is 23.6 Å². The number of benzene rings is 2. The summed E-state index contributed by atoms with van der Waals surface area (Å²) in [5.74, 6) is -5.25. The number of ether oxygens (including phenoxy) is 2. The van der Waals surface area contributed by atoms with E-state index >= 15 is 0 Å². The first-order valence-electron chi connectivity index (χ1n) is 34.2. The van der Waals surface area contributed by atoms with E-state index in [4.69, 9.17) is 15.2 Å². The van der Waals surface area contributed by atoms with E-state index in [2.05, 4.69) is 16.0 Å². The Morgan fingerprint density at radius 3 is 1.88 bits per heavy atom. The van der Waals surface area contributed by atoms with Gasteiger partial charge in [0.15, 0.2) is 11.6 Å². The quantitative estimate of drug-likeness (QED) is 0.0366. The number of likely N-dealkylation sites (N-methyl/N-ethyl adjacent to an activating group) is 2. The predicted molar refractivity (Wildman–Crippen MR) is 363 cm³/mol. The van der Waals surface area contributed by atoms with E-state index in [9.17, 15) is 52.7 Å². The second-order valence-electron chi connectivity index (χ2n) is 27.4. The summed E-state index contributed by atoms with van der Waals surface area (Å²) in [5, 5.41) is 8.51. The number of rotatable bonds is 44. The van der Waals surface area contributed by atoms with Crippen LogP contribution in [0.2, 0.25) is 0 Å². The number of hydrogen-bond donors (Lipinski definition) is 4. The Balaban J connectivity index is 1.40. The van der Waals surface area contributed by atoms with Gasteiger partial charge in [0.1, 0.15) is 11.6 Å². The lowest BCUT2D eigenvalue weighted by Crippen LogP contribution is -2.54. The number of urea groups is 1. The number of nitrogens with two attached hydrogens (primary N) is 1. The van der Waals surface area contributed by atoms with Gasteiger partial charge in [0.25, 0.3) is 11.8 Å². The molecule has 1 fully saturated rings. The largest absolute Gasteiger partial charge is 0.379 e. The summed E-state index contributed by atoms with van der Waals surface area (Å²) in [5.41, 5.74) is 7.75. The molecule has 2 aromatic rings. The fraction of sp³-hybridized carbons (Fsp3) is 0.658. The summed E-state index contributed by atoms with van der Waals surface area (Å²) >= 11 is 0. The summed E-state index contributed by atoms with van der Waals surface area (Å²) in [6.07, 6.45) is 6.38. The fourth-order valence-corrected chi connectivity index (χ4v) is 13.5. The summed E-state index contributed by atoms with van der Waals surface area (Å²) in [4.78, 5) is 154. The molecular formula is C73H112N8O13. The van der Waals surface area contributed by atoms with Crippen molar-refractivity contribution in [2.24, 2.45) is 53.1 Å². The molecule has 2 heterocycles. The molecule has 2 aliphatic heterocycles. The second-order valence-corrected chi connectivity index (χ2v) is 27.4. The maximum atomic E-state index is 14.6. The van der Waals surface area contributed by atoms with Gasteiger partial charge in [-0.3, -0.25) is 57.7 Å². The van der Waals surface area contributed by atoms with E-state index in [1.807, 2.05) is 129 Å². The molecule has 1 saturated heterocycles. The lowest BCUT2D eigenvalue weighted by atomic mass is 9.83. The molecule has 0 radical (unpaired) electrons. The van der Waals surface area contributed by atoms with Crippen LogP contribution in [0.1, 0.15) is 162 Å². The van der Waals surface area contributed by atoms with Gasteiger partial charge < -0.3 is 41.0 Å². The van der Waals surface area contributed by atoms with Crippen LogP contribution < -0.4 is 21.7 Å². The number of carbonyl (C=O) groups excluding carboxylic acids is 11. The lowest BCUT2D eigenvalue weighted by Gasteiger charge is -2.41. The summed E-state index contributed by atoms with van der Waals surface area (Å²) in [6.45, 7) is 18.7. The summed E-state index contributed by atoms with van der Waals surface area (Å²) in [7, 11) is 8.63. The molecule has 2 aromatic carbocycles. The number of hydrogen-bond acceptors (Lipinski definition) is 14. The molecule has 11 atom stereocenters. The Morgan fingerprint density at radius 1 is 0.670 bits per heavy atom. The number of ketones is 4. The molecule has 2 aliphatic rings. The van der Waals surface area contributed by atoms with Crippen molar-refractivity contribution in [2.75, 3.05) is 61.5 Å². The van der Waals surface area contributed by atoms with Gasteiger partial charge in [0, 0.05) is 115 Å². The third-order valence-electron chi connectivity index (χ3n) is 19.2. The number of primary amides is 1. The van der Waals surface area contributed by atoms with Crippen LogP contribution in [0.15, 0.2) is 66.7 Å². The fourth-order valence-electron chi connectivity index (χ4n) is 13.5. The van der Waals surface area contributed by atoms with Gasteiger partial charge in [-0.05, 0) is 106 Å². The Hall–Kier alpha value is -6.97.